The Balaban J connectivity index is 1.70. The molecule has 6 heteroatoms. The first-order valence-corrected chi connectivity index (χ1v) is 10.4. The fraction of sp³-hybridized carbons (Fsp3) is 0.160. The van der Waals surface area contributed by atoms with Crippen molar-refractivity contribution in [3.05, 3.63) is 76.5 Å². The van der Waals surface area contributed by atoms with E-state index in [2.05, 4.69) is 56.9 Å². The molecule has 0 radical (unpaired) electrons. The minimum absolute atomic E-state index is 0.662. The molecule has 3 N–H and O–H groups in total. The molecule has 0 aliphatic carbocycles. The Labute approximate surface area is 179 Å². The van der Waals surface area contributed by atoms with E-state index < -0.39 is 0 Å². The summed E-state index contributed by atoms with van der Waals surface area (Å²) in [4.78, 5) is 6.82. The lowest BCUT2D eigenvalue weighted by Crippen LogP contribution is -2.28. The number of nitrogens with zero attached hydrogens (tertiary/aromatic N) is 3. The largest absolute Gasteiger partial charge is 0.358 e. The van der Waals surface area contributed by atoms with Crippen LogP contribution >= 0.6 is 0 Å². The summed E-state index contributed by atoms with van der Waals surface area (Å²) in [6, 6.07) is 18.7. The number of aromatic nitrogens is 3. The molecule has 0 fully saturated rings. The minimum atomic E-state index is 0.662. The van der Waals surface area contributed by atoms with Gasteiger partial charge in [-0.2, -0.15) is 15.1 Å². The first kappa shape index (κ1) is 18.9. The SMILES string of the molecule is CCc1c(C)c(C#N)c2[nH]c3ccccc3[n+]2c1NN=Cc1c(C)[nH]c2ccccc12. The number of aryl methyl sites for hydroxylation is 1. The normalized spacial score (nSPS) is 11.7. The van der Waals surface area contributed by atoms with E-state index in [9.17, 15) is 5.26 Å². The third-order valence-corrected chi connectivity index (χ3v) is 5.97. The van der Waals surface area contributed by atoms with Crippen molar-refractivity contribution in [2.45, 2.75) is 27.2 Å². The standard InChI is InChI=1S/C25H22N6/c1-4-17-15(2)19(13-26)24-29-22-11-7-8-12-23(22)31(24)25(17)30-27-14-20-16(3)28-21-10-6-5-9-18(20)21/h5-12,14H,4H2,1-3H3,(H2,27,28,29,30)/p+1. The van der Waals surface area contributed by atoms with Crippen LogP contribution in [0.5, 0.6) is 0 Å². The minimum Gasteiger partial charge on any atom is -0.358 e. The van der Waals surface area contributed by atoms with Gasteiger partial charge in [-0.05, 0) is 44.0 Å². The third-order valence-electron chi connectivity index (χ3n) is 5.97. The number of benzene rings is 2. The predicted molar refractivity (Wildman–Crippen MR) is 125 cm³/mol. The summed E-state index contributed by atoms with van der Waals surface area (Å²) in [5.41, 5.74) is 12.0. The summed E-state index contributed by atoms with van der Waals surface area (Å²) >= 11 is 0. The van der Waals surface area contributed by atoms with Crippen molar-refractivity contribution in [3.8, 4) is 6.07 Å². The van der Waals surface area contributed by atoms with Crippen LogP contribution in [-0.4, -0.2) is 16.2 Å². The molecule has 0 spiro atoms. The summed E-state index contributed by atoms with van der Waals surface area (Å²) in [5.74, 6) is 0.875. The molecule has 0 amide bonds. The zero-order valence-corrected chi connectivity index (χ0v) is 17.7. The van der Waals surface area contributed by atoms with Crippen molar-refractivity contribution in [3.63, 3.8) is 0 Å². The first-order valence-electron chi connectivity index (χ1n) is 10.4. The number of nitriles is 1. The Morgan fingerprint density at radius 2 is 1.81 bits per heavy atom. The topological polar surface area (TPSA) is 83.9 Å². The summed E-state index contributed by atoms with van der Waals surface area (Å²) < 4.78 is 2.07. The highest BCUT2D eigenvalue weighted by atomic mass is 15.3. The molecule has 0 aliphatic heterocycles. The fourth-order valence-electron chi connectivity index (χ4n) is 4.44. The Morgan fingerprint density at radius 1 is 1.06 bits per heavy atom. The maximum absolute atomic E-state index is 9.85. The van der Waals surface area contributed by atoms with Crippen LogP contribution in [0.4, 0.5) is 5.82 Å². The zero-order valence-electron chi connectivity index (χ0n) is 17.7. The molecule has 152 valence electrons. The van der Waals surface area contributed by atoms with Gasteiger partial charge in [0.15, 0.2) is 0 Å². The van der Waals surface area contributed by atoms with E-state index >= 15 is 0 Å². The van der Waals surface area contributed by atoms with Crippen molar-refractivity contribution in [2.24, 2.45) is 5.10 Å². The molecule has 5 rings (SSSR count). The number of hydrogen-bond donors (Lipinski definition) is 3. The molecular weight excluding hydrogens is 384 g/mol. The van der Waals surface area contributed by atoms with E-state index in [0.717, 1.165) is 62.2 Å². The highest BCUT2D eigenvalue weighted by Crippen LogP contribution is 2.26. The van der Waals surface area contributed by atoms with E-state index in [4.69, 9.17) is 0 Å². The van der Waals surface area contributed by atoms with Crippen LogP contribution in [0, 0.1) is 25.2 Å². The lowest BCUT2D eigenvalue weighted by Gasteiger charge is -2.10. The second kappa shape index (κ2) is 7.29. The Morgan fingerprint density at radius 3 is 2.58 bits per heavy atom. The van der Waals surface area contributed by atoms with Gasteiger partial charge in [-0.15, -0.1) is 5.10 Å². The number of para-hydroxylation sites is 3. The molecular formula is C25H23N6+. The lowest BCUT2D eigenvalue weighted by atomic mass is 10.0. The summed E-state index contributed by atoms with van der Waals surface area (Å²) in [5, 5.41) is 15.6. The van der Waals surface area contributed by atoms with Gasteiger partial charge in [-0.25, -0.2) is 0 Å². The van der Waals surface area contributed by atoms with Gasteiger partial charge in [0.1, 0.15) is 22.7 Å². The zero-order chi connectivity index (χ0) is 21.5. The molecule has 0 saturated carbocycles. The average Bonchev–Trinajstić information content (AvgIpc) is 3.31. The van der Waals surface area contributed by atoms with Crippen molar-refractivity contribution in [1.29, 1.82) is 5.26 Å². The highest BCUT2D eigenvalue weighted by Gasteiger charge is 2.24. The molecule has 3 heterocycles. The van der Waals surface area contributed by atoms with Gasteiger partial charge in [-0.1, -0.05) is 37.3 Å². The molecule has 5 aromatic rings. The summed E-state index contributed by atoms with van der Waals surface area (Å²) in [6.45, 7) is 6.16. The van der Waals surface area contributed by atoms with E-state index in [1.807, 2.05) is 49.5 Å². The second-order valence-electron chi connectivity index (χ2n) is 7.70. The summed E-state index contributed by atoms with van der Waals surface area (Å²) in [7, 11) is 0. The number of anilines is 1. The van der Waals surface area contributed by atoms with Crippen LogP contribution in [-0.2, 0) is 6.42 Å². The number of H-pyrrole nitrogens is 2. The van der Waals surface area contributed by atoms with Crippen molar-refractivity contribution < 1.29 is 4.40 Å². The maximum atomic E-state index is 9.85. The van der Waals surface area contributed by atoms with Crippen LogP contribution < -0.4 is 9.83 Å². The van der Waals surface area contributed by atoms with E-state index in [1.165, 1.54) is 0 Å². The molecule has 0 bridgehead atoms. The maximum Gasteiger partial charge on any atom is 0.253 e. The van der Waals surface area contributed by atoms with E-state index in [1.54, 1.807) is 0 Å². The van der Waals surface area contributed by atoms with Gasteiger partial charge in [0.25, 0.3) is 5.82 Å². The molecule has 0 unspecified atom stereocenters. The number of hydrazone groups is 1. The second-order valence-corrected chi connectivity index (χ2v) is 7.70. The fourth-order valence-corrected chi connectivity index (χ4v) is 4.44. The van der Waals surface area contributed by atoms with Crippen molar-refractivity contribution in [2.75, 3.05) is 5.43 Å². The van der Waals surface area contributed by atoms with Gasteiger partial charge in [0, 0.05) is 27.7 Å². The van der Waals surface area contributed by atoms with Gasteiger partial charge in [0.05, 0.1) is 6.21 Å². The smallest absolute Gasteiger partial charge is 0.253 e. The van der Waals surface area contributed by atoms with Gasteiger partial charge >= 0.3 is 0 Å². The number of pyridine rings is 1. The number of rotatable bonds is 4. The van der Waals surface area contributed by atoms with Crippen LogP contribution in [0.15, 0.2) is 53.6 Å². The monoisotopic (exact) mass is 407 g/mol. The molecule has 31 heavy (non-hydrogen) atoms. The van der Waals surface area contributed by atoms with Gasteiger partial charge in [-0.3, -0.25) is 4.98 Å². The predicted octanol–water partition coefficient (Wildman–Crippen LogP) is 4.88. The van der Waals surface area contributed by atoms with Crippen molar-refractivity contribution >= 4 is 39.6 Å². The molecule has 0 aliphatic rings. The lowest BCUT2D eigenvalue weighted by molar-refractivity contribution is -0.465. The van der Waals surface area contributed by atoms with Crippen LogP contribution in [0.2, 0.25) is 0 Å². The van der Waals surface area contributed by atoms with Crippen LogP contribution in [0.1, 0.15) is 34.9 Å². The molecule has 0 atom stereocenters. The number of aromatic amines is 2. The van der Waals surface area contributed by atoms with Crippen LogP contribution in [0.3, 0.4) is 0 Å². The average molecular weight is 408 g/mol. The Kier molecular flexibility index (Phi) is 4.45. The third kappa shape index (κ3) is 2.86. The van der Waals surface area contributed by atoms with Crippen molar-refractivity contribution in [1.82, 2.24) is 9.97 Å². The Hall–Kier alpha value is -4.11. The number of hydrogen-bond acceptors (Lipinski definition) is 3. The first-order chi connectivity index (χ1) is 15.1. The quantitative estimate of drug-likeness (QED) is 0.225. The number of nitrogens with one attached hydrogen (secondary N) is 3. The van der Waals surface area contributed by atoms with E-state index in [-0.39, 0.29) is 0 Å². The number of fused-ring (bicyclic) bond motifs is 4. The summed E-state index contributed by atoms with van der Waals surface area (Å²) in [6.07, 6.45) is 2.65. The molecule has 2 aromatic carbocycles. The van der Waals surface area contributed by atoms with Crippen LogP contribution in [0.25, 0.3) is 27.6 Å². The van der Waals surface area contributed by atoms with Gasteiger partial charge < -0.3 is 4.98 Å². The highest BCUT2D eigenvalue weighted by molar-refractivity contribution is 6.00. The molecule has 6 nitrogen and oxygen atoms in total. The molecule has 3 aromatic heterocycles. The van der Waals surface area contributed by atoms with E-state index in [0.29, 0.717) is 5.56 Å². The van der Waals surface area contributed by atoms with Gasteiger partial charge in [0.2, 0.25) is 5.65 Å². The Bertz CT molecular complexity index is 1530. The molecule has 0 saturated heterocycles. The number of imidazole rings is 1.